The van der Waals surface area contributed by atoms with Crippen molar-refractivity contribution in [3.05, 3.63) is 35.9 Å². The molecule has 0 aromatic heterocycles. The van der Waals surface area contributed by atoms with Crippen LogP contribution in [0.2, 0.25) is 0 Å². The van der Waals surface area contributed by atoms with Crippen LogP contribution in [0, 0.1) is 17.3 Å². The van der Waals surface area contributed by atoms with E-state index in [0.717, 1.165) is 11.4 Å². The van der Waals surface area contributed by atoms with Gasteiger partial charge in [-0.25, -0.2) is 4.79 Å². The molecule has 1 heterocycles. The topological polar surface area (TPSA) is 61.4 Å². The summed E-state index contributed by atoms with van der Waals surface area (Å²) in [5.41, 5.74) is 2.87. The first-order valence-corrected chi connectivity index (χ1v) is 8.42. The number of nitrogens with zero attached hydrogens (tertiary/aromatic N) is 1. The van der Waals surface area contributed by atoms with Crippen LogP contribution in [0.1, 0.15) is 27.7 Å². The predicted octanol–water partition coefficient (Wildman–Crippen LogP) is 3.39. The SMILES string of the molecule is CC(C)=C[C@@H]1[C@H](C(=O)Nc2ccc(N3CCNC3=O)cc2)C1(C)C. The van der Waals surface area contributed by atoms with Crippen LogP contribution in [0.3, 0.4) is 0 Å². The molecule has 5 heteroatoms. The Morgan fingerprint density at radius 1 is 1.29 bits per heavy atom. The predicted molar refractivity (Wildman–Crippen MR) is 96.0 cm³/mol. The van der Waals surface area contributed by atoms with Gasteiger partial charge in [-0.1, -0.05) is 25.5 Å². The summed E-state index contributed by atoms with van der Waals surface area (Å²) < 4.78 is 0. The molecule has 24 heavy (non-hydrogen) atoms. The maximum absolute atomic E-state index is 12.6. The van der Waals surface area contributed by atoms with Gasteiger partial charge in [0.1, 0.15) is 0 Å². The highest BCUT2D eigenvalue weighted by molar-refractivity contribution is 5.97. The van der Waals surface area contributed by atoms with E-state index in [1.165, 1.54) is 5.57 Å². The number of hydrogen-bond acceptors (Lipinski definition) is 2. The lowest BCUT2D eigenvalue weighted by Gasteiger charge is -2.14. The molecule has 0 radical (unpaired) electrons. The van der Waals surface area contributed by atoms with Crippen LogP contribution in [0.15, 0.2) is 35.9 Å². The van der Waals surface area contributed by atoms with Crippen molar-refractivity contribution in [2.75, 3.05) is 23.3 Å². The highest BCUT2D eigenvalue weighted by Gasteiger charge is 2.60. The zero-order valence-corrected chi connectivity index (χ0v) is 14.7. The van der Waals surface area contributed by atoms with Gasteiger partial charge in [0.25, 0.3) is 0 Å². The van der Waals surface area contributed by atoms with Gasteiger partial charge >= 0.3 is 6.03 Å². The second-order valence-electron chi connectivity index (χ2n) is 7.49. The molecule has 1 saturated heterocycles. The molecule has 1 aromatic carbocycles. The molecule has 2 fully saturated rings. The monoisotopic (exact) mass is 327 g/mol. The van der Waals surface area contributed by atoms with Crippen molar-refractivity contribution in [3.8, 4) is 0 Å². The fourth-order valence-corrected chi connectivity index (χ4v) is 3.51. The average Bonchev–Trinajstić information content (AvgIpc) is 2.82. The molecule has 1 saturated carbocycles. The number of allylic oxidation sites excluding steroid dienone is 2. The number of hydrogen-bond donors (Lipinski definition) is 2. The van der Waals surface area contributed by atoms with Crippen molar-refractivity contribution in [2.45, 2.75) is 27.7 Å². The largest absolute Gasteiger partial charge is 0.336 e. The number of carbonyl (C=O) groups is 2. The summed E-state index contributed by atoms with van der Waals surface area (Å²) >= 11 is 0. The summed E-state index contributed by atoms with van der Waals surface area (Å²) in [6, 6.07) is 7.36. The van der Waals surface area contributed by atoms with Gasteiger partial charge in [-0.15, -0.1) is 0 Å². The van der Waals surface area contributed by atoms with E-state index in [-0.39, 0.29) is 23.3 Å². The van der Waals surface area contributed by atoms with E-state index in [2.05, 4.69) is 44.4 Å². The highest BCUT2D eigenvalue weighted by atomic mass is 16.2. The molecule has 2 atom stereocenters. The number of urea groups is 1. The third-order valence-electron chi connectivity index (χ3n) is 5.01. The summed E-state index contributed by atoms with van der Waals surface area (Å²) in [5.74, 6) is 0.376. The minimum atomic E-state index is -0.0731. The molecule has 2 N–H and O–H groups in total. The molecular weight excluding hydrogens is 302 g/mol. The Balaban J connectivity index is 1.65. The van der Waals surface area contributed by atoms with Gasteiger partial charge in [-0.3, -0.25) is 9.69 Å². The number of rotatable bonds is 4. The molecule has 2 aliphatic rings. The Morgan fingerprint density at radius 3 is 2.50 bits per heavy atom. The van der Waals surface area contributed by atoms with Crippen molar-refractivity contribution in [3.63, 3.8) is 0 Å². The number of carbonyl (C=O) groups excluding carboxylic acids is 2. The molecule has 3 amide bonds. The van der Waals surface area contributed by atoms with Gasteiger partial charge in [-0.2, -0.15) is 0 Å². The third kappa shape index (κ3) is 3.03. The smallest absolute Gasteiger partial charge is 0.321 e. The second-order valence-corrected chi connectivity index (χ2v) is 7.49. The summed E-state index contributed by atoms with van der Waals surface area (Å²) in [7, 11) is 0. The molecule has 128 valence electrons. The van der Waals surface area contributed by atoms with Crippen LogP contribution in [-0.4, -0.2) is 25.0 Å². The lowest BCUT2D eigenvalue weighted by atomic mass is 10.1. The first kappa shape index (κ1) is 16.6. The Kier molecular flexibility index (Phi) is 4.11. The molecule has 5 nitrogen and oxygen atoms in total. The van der Waals surface area contributed by atoms with E-state index >= 15 is 0 Å². The second kappa shape index (κ2) is 5.96. The van der Waals surface area contributed by atoms with Gasteiger partial charge in [0.15, 0.2) is 0 Å². The van der Waals surface area contributed by atoms with E-state index in [4.69, 9.17) is 0 Å². The van der Waals surface area contributed by atoms with E-state index in [1.54, 1.807) is 4.90 Å². The van der Waals surface area contributed by atoms with Gasteiger partial charge in [0.2, 0.25) is 5.91 Å². The summed E-state index contributed by atoms with van der Waals surface area (Å²) in [5, 5.41) is 5.78. The molecule has 0 spiro atoms. The maximum Gasteiger partial charge on any atom is 0.321 e. The standard InChI is InChI=1S/C19H25N3O2/c1-12(2)11-15-16(19(15,3)4)17(23)21-13-5-7-14(8-6-13)22-10-9-20-18(22)24/h5-8,11,15-16H,9-10H2,1-4H3,(H,20,24)(H,21,23)/t15-,16-/m1/s1. The first-order chi connectivity index (χ1) is 11.3. The Bertz CT molecular complexity index is 687. The normalized spacial score (nSPS) is 24.3. The lowest BCUT2D eigenvalue weighted by Crippen LogP contribution is -2.27. The number of nitrogens with one attached hydrogen (secondary N) is 2. The van der Waals surface area contributed by atoms with Gasteiger partial charge in [0.05, 0.1) is 5.92 Å². The minimum absolute atomic E-state index is 0.00886. The van der Waals surface area contributed by atoms with Crippen LogP contribution in [0.25, 0.3) is 0 Å². The maximum atomic E-state index is 12.6. The lowest BCUT2D eigenvalue weighted by molar-refractivity contribution is -0.118. The van der Waals surface area contributed by atoms with Crippen LogP contribution in [0.4, 0.5) is 16.2 Å². The van der Waals surface area contributed by atoms with Gasteiger partial charge < -0.3 is 10.6 Å². The average molecular weight is 327 g/mol. The van der Waals surface area contributed by atoms with Crippen LogP contribution in [-0.2, 0) is 4.79 Å². The Labute approximate surface area is 143 Å². The van der Waals surface area contributed by atoms with E-state index < -0.39 is 0 Å². The summed E-state index contributed by atoms with van der Waals surface area (Å²) in [6.07, 6.45) is 2.19. The van der Waals surface area contributed by atoms with Crippen LogP contribution >= 0.6 is 0 Å². The third-order valence-corrected chi connectivity index (χ3v) is 5.01. The minimum Gasteiger partial charge on any atom is -0.336 e. The molecule has 3 rings (SSSR count). The molecule has 0 unspecified atom stereocenters. The fourth-order valence-electron chi connectivity index (χ4n) is 3.51. The molecule has 0 bridgehead atoms. The number of benzene rings is 1. The number of amides is 3. The van der Waals surface area contributed by atoms with Crippen molar-refractivity contribution in [1.82, 2.24) is 5.32 Å². The molecule has 1 aromatic rings. The van der Waals surface area contributed by atoms with Gasteiger partial charge in [-0.05, 0) is 49.4 Å². The Morgan fingerprint density at radius 2 is 1.96 bits per heavy atom. The molecular formula is C19H25N3O2. The van der Waals surface area contributed by atoms with E-state index in [1.807, 2.05) is 24.3 Å². The van der Waals surface area contributed by atoms with Crippen molar-refractivity contribution in [1.29, 1.82) is 0 Å². The van der Waals surface area contributed by atoms with E-state index in [0.29, 0.717) is 19.0 Å². The quantitative estimate of drug-likeness (QED) is 0.833. The van der Waals surface area contributed by atoms with Crippen molar-refractivity contribution < 1.29 is 9.59 Å². The number of anilines is 2. The zero-order valence-electron chi connectivity index (χ0n) is 14.7. The zero-order chi connectivity index (χ0) is 17.5. The molecule has 1 aliphatic heterocycles. The Hall–Kier alpha value is -2.30. The van der Waals surface area contributed by atoms with Crippen LogP contribution in [0.5, 0.6) is 0 Å². The van der Waals surface area contributed by atoms with Crippen molar-refractivity contribution in [2.24, 2.45) is 17.3 Å². The highest BCUT2D eigenvalue weighted by Crippen LogP contribution is 2.59. The fraction of sp³-hybridized carbons (Fsp3) is 0.474. The summed E-state index contributed by atoms with van der Waals surface area (Å²) in [6.45, 7) is 9.74. The van der Waals surface area contributed by atoms with E-state index in [9.17, 15) is 9.59 Å². The first-order valence-electron chi connectivity index (χ1n) is 8.42. The van der Waals surface area contributed by atoms with Crippen LogP contribution < -0.4 is 15.5 Å². The molecule has 1 aliphatic carbocycles. The summed E-state index contributed by atoms with van der Waals surface area (Å²) in [4.78, 5) is 25.9. The van der Waals surface area contributed by atoms with Gasteiger partial charge in [0, 0.05) is 24.5 Å². The van der Waals surface area contributed by atoms with Crippen molar-refractivity contribution >= 4 is 23.3 Å².